The highest BCUT2D eigenvalue weighted by Gasteiger charge is 2.43. The molecule has 2 aromatic carbocycles. The minimum absolute atomic E-state index is 0.00885. The molecular weight excluding hydrogens is 360 g/mol. The molecule has 6 heteroatoms. The Morgan fingerprint density at radius 2 is 1.70 bits per heavy atom. The molecule has 1 atom stereocenters. The van der Waals surface area contributed by atoms with Crippen LogP contribution in [-0.2, 0) is 16.2 Å². The van der Waals surface area contributed by atoms with Gasteiger partial charge in [-0.15, -0.1) is 11.3 Å². The lowest BCUT2D eigenvalue weighted by Gasteiger charge is -2.28. The number of carbonyl (C=O) groups excluding carboxylic acids is 2. The first kappa shape index (κ1) is 17.5. The number of hydrogen-bond acceptors (Lipinski definition) is 4. The summed E-state index contributed by atoms with van der Waals surface area (Å²) >= 11 is 1.50. The Morgan fingerprint density at radius 1 is 1.00 bits per heavy atom. The van der Waals surface area contributed by atoms with Crippen LogP contribution < -0.4 is 0 Å². The zero-order chi connectivity index (χ0) is 18.6. The van der Waals surface area contributed by atoms with Gasteiger partial charge in [0.1, 0.15) is 13.2 Å². The van der Waals surface area contributed by atoms with Crippen molar-refractivity contribution in [2.75, 3.05) is 6.54 Å². The zero-order valence-electron chi connectivity index (χ0n) is 14.5. The van der Waals surface area contributed by atoms with Gasteiger partial charge < -0.3 is 4.90 Å². The van der Waals surface area contributed by atoms with Crippen LogP contribution in [0.2, 0.25) is 0 Å². The van der Waals surface area contributed by atoms with Crippen molar-refractivity contribution in [1.82, 2.24) is 9.96 Å². The molecule has 5 nitrogen and oxygen atoms in total. The average molecular weight is 378 g/mol. The maximum Gasteiger partial charge on any atom is 0.268 e. The van der Waals surface area contributed by atoms with Crippen molar-refractivity contribution in [1.29, 1.82) is 0 Å². The minimum atomic E-state index is -0.561. The Balaban J connectivity index is 1.61. The van der Waals surface area contributed by atoms with E-state index >= 15 is 0 Å². The summed E-state index contributed by atoms with van der Waals surface area (Å²) in [6.45, 7) is 0.257. The molecule has 2 heterocycles. The average Bonchev–Trinajstić information content (AvgIpc) is 3.35. The highest BCUT2D eigenvalue weighted by Crippen LogP contribution is 2.35. The molecule has 0 spiro atoms. The van der Waals surface area contributed by atoms with Crippen LogP contribution in [0.15, 0.2) is 78.2 Å². The van der Waals surface area contributed by atoms with Gasteiger partial charge in [0.2, 0.25) is 0 Å². The van der Waals surface area contributed by atoms with E-state index in [4.69, 9.17) is 4.84 Å². The third-order valence-electron chi connectivity index (χ3n) is 4.36. The molecule has 1 unspecified atom stereocenters. The second kappa shape index (κ2) is 7.73. The Labute approximate surface area is 161 Å². The van der Waals surface area contributed by atoms with E-state index < -0.39 is 6.17 Å². The van der Waals surface area contributed by atoms with Gasteiger partial charge in [0, 0.05) is 10.4 Å². The van der Waals surface area contributed by atoms with Crippen LogP contribution in [0.25, 0.3) is 0 Å². The third-order valence-corrected chi connectivity index (χ3v) is 5.27. The Bertz CT molecular complexity index is 913. The molecule has 4 rings (SSSR count). The molecule has 1 fully saturated rings. The molecule has 2 amide bonds. The lowest BCUT2D eigenvalue weighted by Crippen LogP contribution is -2.35. The lowest BCUT2D eigenvalue weighted by atomic mass is 10.2. The predicted octanol–water partition coefficient (Wildman–Crippen LogP) is 3.86. The Hall–Kier alpha value is -2.96. The number of carbonyl (C=O) groups is 2. The van der Waals surface area contributed by atoms with Crippen LogP contribution in [0.5, 0.6) is 0 Å². The fourth-order valence-corrected chi connectivity index (χ4v) is 3.88. The van der Waals surface area contributed by atoms with Crippen LogP contribution in [0.4, 0.5) is 0 Å². The topological polar surface area (TPSA) is 49.9 Å². The number of amides is 2. The highest BCUT2D eigenvalue weighted by molar-refractivity contribution is 7.10. The molecule has 0 radical (unpaired) electrons. The van der Waals surface area contributed by atoms with Crippen molar-refractivity contribution in [2.24, 2.45) is 0 Å². The van der Waals surface area contributed by atoms with Crippen LogP contribution >= 0.6 is 11.3 Å². The number of rotatable bonds is 5. The predicted molar refractivity (Wildman–Crippen MR) is 103 cm³/mol. The van der Waals surface area contributed by atoms with Gasteiger partial charge in [0.05, 0.1) is 0 Å². The normalized spacial score (nSPS) is 16.7. The molecule has 0 bridgehead atoms. The Kier molecular flexibility index (Phi) is 5.00. The molecule has 3 aromatic rings. The van der Waals surface area contributed by atoms with Crippen LogP contribution in [0, 0.1) is 0 Å². The standard InChI is InChI=1S/C21H18N2O3S/c24-19-14-22(21(25)17-10-5-2-6-11-17)20(18-12-7-13-27-18)23(19)26-15-16-8-3-1-4-9-16/h1-13,20H,14-15H2. The summed E-state index contributed by atoms with van der Waals surface area (Å²) in [5, 5.41) is 3.26. The third kappa shape index (κ3) is 3.63. The fraction of sp³-hybridized carbons (Fsp3) is 0.143. The van der Waals surface area contributed by atoms with Crippen LogP contribution in [0.1, 0.15) is 27.0 Å². The monoisotopic (exact) mass is 378 g/mol. The van der Waals surface area contributed by atoms with E-state index in [9.17, 15) is 9.59 Å². The summed E-state index contributed by atoms with van der Waals surface area (Å²) in [7, 11) is 0. The number of hydroxylamine groups is 2. The van der Waals surface area contributed by atoms with Gasteiger partial charge in [-0.2, -0.15) is 5.06 Å². The van der Waals surface area contributed by atoms with Crippen molar-refractivity contribution in [3.63, 3.8) is 0 Å². The van der Waals surface area contributed by atoms with E-state index in [0.717, 1.165) is 10.4 Å². The summed E-state index contributed by atoms with van der Waals surface area (Å²) in [4.78, 5) is 34.0. The van der Waals surface area contributed by atoms with Crippen LogP contribution in [0.3, 0.4) is 0 Å². The second-order valence-corrected chi connectivity index (χ2v) is 7.15. The molecule has 0 saturated carbocycles. The smallest absolute Gasteiger partial charge is 0.268 e. The van der Waals surface area contributed by atoms with Gasteiger partial charge in [-0.3, -0.25) is 14.4 Å². The second-order valence-electron chi connectivity index (χ2n) is 6.17. The zero-order valence-corrected chi connectivity index (χ0v) is 15.3. The molecule has 0 aliphatic carbocycles. The van der Waals surface area contributed by atoms with Gasteiger partial charge in [0.25, 0.3) is 11.8 Å². The summed E-state index contributed by atoms with van der Waals surface area (Å²) in [5.41, 5.74) is 1.51. The number of nitrogens with zero attached hydrogens (tertiary/aromatic N) is 2. The van der Waals surface area contributed by atoms with Gasteiger partial charge in [-0.1, -0.05) is 54.6 Å². The molecule has 0 N–H and O–H groups in total. The SMILES string of the molecule is O=C(c1ccccc1)N1CC(=O)N(OCc2ccccc2)C1c1cccs1. The first-order valence-electron chi connectivity index (χ1n) is 8.62. The lowest BCUT2D eigenvalue weighted by molar-refractivity contribution is -0.201. The van der Waals surface area contributed by atoms with Crippen molar-refractivity contribution >= 4 is 23.2 Å². The molecule has 136 valence electrons. The minimum Gasteiger partial charge on any atom is -0.302 e. The maximum absolute atomic E-state index is 13.0. The maximum atomic E-state index is 13.0. The van der Waals surface area contributed by atoms with E-state index in [2.05, 4.69) is 0 Å². The van der Waals surface area contributed by atoms with E-state index in [1.807, 2.05) is 66.0 Å². The quantitative estimate of drug-likeness (QED) is 0.677. The molecule has 1 aliphatic rings. The molecular formula is C21H18N2O3S. The van der Waals surface area contributed by atoms with Crippen LogP contribution in [-0.4, -0.2) is 28.3 Å². The van der Waals surface area contributed by atoms with Crippen molar-refractivity contribution in [3.8, 4) is 0 Å². The van der Waals surface area contributed by atoms with E-state index in [1.165, 1.54) is 16.4 Å². The summed E-state index contributed by atoms with van der Waals surface area (Å²) < 4.78 is 0. The van der Waals surface area contributed by atoms with Crippen molar-refractivity contribution in [2.45, 2.75) is 12.8 Å². The van der Waals surface area contributed by atoms with E-state index in [-0.39, 0.29) is 25.0 Å². The highest BCUT2D eigenvalue weighted by atomic mass is 32.1. The molecule has 1 saturated heterocycles. The number of thiophene rings is 1. The molecule has 1 aromatic heterocycles. The first-order valence-corrected chi connectivity index (χ1v) is 9.50. The molecule has 27 heavy (non-hydrogen) atoms. The fourth-order valence-electron chi connectivity index (χ4n) is 3.06. The van der Waals surface area contributed by atoms with Crippen molar-refractivity contribution < 1.29 is 14.4 Å². The van der Waals surface area contributed by atoms with E-state index in [0.29, 0.717) is 5.56 Å². The number of benzene rings is 2. The first-order chi connectivity index (χ1) is 13.2. The van der Waals surface area contributed by atoms with Gasteiger partial charge in [-0.05, 0) is 29.1 Å². The largest absolute Gasteiger partial charge is 0.302 e. The van der Waals surface area contributed by atoms with Gasteiger partial charge in [0.15, 0.2) is 6.17 Å². The number of hydrogen-bond donors (Lipinski definition) is 0. The van der Waals surface area contributed by atoms with Gasteiger partial charge in [-0.25, -0.2) is 0 Å². The summed E-state index contributed by atoms with van der Waals surface area (Å²) in [5.74, 6) is -0.415. The van der Waals surface area contributed by atoms with Crippen molar-refractivity contribution in [3.05, 3.63) is 94.2 Å². The molecule has 1 aliphatic heterocycles. The van der Waals surface area contributed by atoms with Gasteiger partial charge >= 0.3 is 0 Å². The summed E-state index contributed by atoms with van der Waals surface area (Å²) in [6.07, 6.45) is -0.561. The summed E-state index contributed by atoms with van der Waals surface area (Å²) in [6, 6.07) is 22.5. The van der Waals surface area contributed by atoms with E-state index in [1.54, 1.807) is 17.0 Å². The Morgan fingerprint density at radius 3 is 2.37 bits per heavy atom.